The number of carbonyl (C=O) groups is 1. The van der Waals surface area contributed by atoms with Crippen LogP contribution < -0.4 is 5.32 Å². The minimum absolute atomic E-state index is 0.00662. The zero-order valence-corrected chi connectivity index (χ0v) is 14.7. The van der Waals surface area contributed by atoms with Gasteiger partial charge >= 0.3 is 0 Å². The molecular weight excluding hydrogens is 331 g/mol. The monoisotopic (exact) mass is 355 g/mol. The summed E-state index contributed by atoms with van der Waals surface area (Å²) in [4.78, 5) is 11.7. The van der Waals surface area contributed by atoms with Crippen LogP contribution in [-0.4, -0.2) is 17.6 Å². The molecule has 0 unspecified atom stereocenters. The van der Waals surface area contributed by atoms with Gasteiger partial charge in [0.1, 0.15) is 5.82 Å². The first-order chi connectivity index (χ1) is 11.7. The summed E-state index contributed by atoms with van der Waals surface area (Å²) in [6.45, 7) is 5.53. The number of hydrogen-bond acceptors (Lipinski definition) is 2. The third-order valence-corrected chi connectivity index (χ3v) is 5.67. The van der Waals surface area contributed by atoms with Crippen molar-refractivity contribution in [1.29, 1.82) is 0 Å². The summed E-state index contributed by atoms with van der Waals surface area (Å²) in [5, 5.41) is 3.01. The first-order valence-corrected chi connectivity index (χ1v) is 8.78. The number of ether oxygens (including phenoxy) is 1. The van der Waals surface area contributed by atoms with Crippen LogP contribution in [0.1, 0.15) is 58.1 Å². The van der Waals surface area contributed by atoms with Crippen LogP contribution in [0.15, 0.2) is 12.1 Å². The van der Waals surface area contributed by atoms with Crippen molar-refractivity contribution >= 4 is 5.91 Å². The Morgan fingerprint density at radius 2 is 1.88 bits per heavy atom. The molecule has 3 nitrogen and oxygen atoms in total. The van der Waals surface area contributed by atoms with Gasteiger partial charge in [-0.25, -0.2) is 13.2 Å². The SMILES string of the molecule is CC(=O)N[C@]1(C)C[C@H](c2cc(F)c(F)cc2F)O[C@@H]2C[C@H](C)CC[C@H]21. The van der Waals surface area contributed by atoms with E-state index in [2.05, 4.69) is 12.2 Å². The first kappa shape index (κ1) is 18.2. The number of rotatable bonds is 2. The van der Waals surface area contributed by atoms with Crippen LogP contribution in [0.5, 0.6) is 0 Å². The van der Waals surface area contributed by atoms with Crippen molar-refractivity contribution < 1.29 is 22.7 Å². The molecule has 0 bridgehead atoms. The average molecular weight is 355 g/mol. The van der Waals surface area contributed by atoms with Gasteiger partial charge in [0, 0.05) is 36.4 Å². The van der Waals surface area contributed by atoms with Crippen LogP contribution in [0.3, 0.4) is 0 Å². The zero-order chi connectivity index (χ0) is 18.4. The molecule has 1 N–H and O–H groups in total. The van der Waals surface area contributed by atoms with E-state index in [1.54, 1.807) is 0 Å². The molecule has 2 aliphatic rings. The topological polar surface area (TPSA) is 38.3 Å². The fourth-order valence-electron chi connectivity index (χ4n) is 4.52. The van der Waals surface area contributed by atoms with Gasteiger partial charge in [0.05, 0.1) is 12.2 Å². The largest absolute Gasteiger partial charge is 0.370 e. The molecule has 138 valence electrons. The summed E-state index contributed by atoms with van der Waals surface area (Å²) in [5.41, 5.74) is -0.566. The minimum atomic E-state index is -1.22. The smallest absolute Gasteiger partial charge is 0.217 e. The number of amides is 1. The fourth-order valence-corrected chi connectivity index (χ4v) is 4.52. The standard InChI is InChI=1S/C19H24F3NO2/c1-10-4-5-13-17(6-10)25-18(9-19(13,3)23-11(2)24)12-7-15(21)16(22)8-14(12)20/h7-8,10,13,17-18H,4-6,9H2,1-3H3,(H,23,24)/t10-,13-,17-,18-,19-/m1/s1. The van der Waals surface area contributed by atoms with E-state index in [9.17, 15) is 18.0 Å². The van der Waals surface area contributed by atoms with Crippen LogP contribution in [0.25, 0.3) is 0 Å². The number of carbonyl (C=O) groups excluding carboxylic acids is 1. The van der Waals surface area contributed by atoms with E-state index in [0.29, 0.717) is 18.4 Å². The van der Waals surface area contributed by atoms with E-state index in [0.717, 1.165) is 25.3 Å². The molecule has 1 saturated carbocycles. The normalized spacial score (nSPS) is 35.1. The highest BCUT2D eigenvalue weighted by Gasteiger charge is 2.49. The van der Waals surface area contributed by atoms with Crippen molar-refractivity contribution in [2.45, 2.75) is 64.2 Å². The van der Waals surface area contributed by atoms with Gasteiger partial charge in [-0.05, 0) is 31.7 Å². The lowest BCUT2D eigenvalue weighted by Gasteiger charge is -2.52. The van der Waals surface area contributed by atoms with E-state index < -0.39 is 29.1 Å². The van der Waals surface area contributed by atoms with Crippen molar-refractivity contribution in [2.75, 3.05) is 0 Å². The number of nitrogens with one attached hydrogen (secondary N) is 1. The van der Waals surface area contributed by atoms with Gasteiger partial charge in [-0.2, -0.15) is 0 Å². The Morgan fingerprint density at radius 3 is 2.56 bits per heavy atom. The maximum Gasteiger partial charge on any atom is 0.217 e. The van der Waals surface area contributed by atoms with Gasteiger partial charge in [-0.3, -0.25) is 4.79 Å². The van der Waals surface area contributed by atoms with Gasteiger partial charge in [-0.15, -0.1) is 0 Å². The highest BCUT2D eigenvalue weighted by molar-refractivity contribution is 5.73. The maximum absolute atomic E-state index is 14.3. The molecule has 3 rings (SSSR count). The molecule has 1 aliphatic carbocycles. The van der Waals surface area contributed by atoms with E-state index >= 15 is 0 Å². The first-order valence-electron chi connectivity index (χ1n) is 8.78. The molecule has 5 atom stereocenters. The summed E-state index contributed by atoms with van der Waals surface area (Å²) in [6, 6.07) is 1.43. The molecular formula is C19H24F3NO2. The summed E-state index contributed by atoms with van der Waals surface area (Å²) in [6.07, 6.45) is 2.22. The van der Waals surface area contributed by atoms with E-state index in [1.807, 2.05) is 6.92 Å². The van der Waals surface area contributed by atoms with Crippen molar-refractivity contribution in [3.05, 3.63) is 35.1 Å². The Hall–Kier alpha value is -1.56. The Kier molecular flexibility index (Phi) is 4.84. The predicted molar refractivity (Wildman–Crippen MR) is 87.3 cm³/mol. The van der Waals surface area contributed by atoms with Crippen LogP contribution in [-0.2, 0) is 9.53 Å². The van der Waals surface area contributed by atoms with Gasteiger partial charge < -0.3 is 10.1 Å². The molecule has 1 saturated heterocycles. The number of benzene rings is 1. The quantitative estimate of drug-likeness (QED) is 0.805. The van der Waals surface area contributed by atoms with Crippen molar-refractivity contribution in [2.24, 2.45) is 11.8 Å². The third-order valence-electron chi connectivity index (χ3n) is 5.67. The highest BCUT2D eigenvalue weighted by Crippen LogP contribution is 2.48. The molecule has 6 heteroatoms. The Balaban J connectivity index is 1.96. The molecule has 1 aliphatic heterocycles. The fraction of sp³-hybridized carbons (Fsp3) is 0.632. The van der Waals surface area contributed by atoms with Crippen LogP contribution in [0.4, 0.5) is 13.2 Å². The highest BCUT2D eigenvalue weighted by atomic mass is 19.2. The molecule has 1 aromatic rings. The summed E-state index contributed by atoms with van der Waals surface area (Å²) >= 11 is 0. The second-order valence-electron chi connectivity index (χ2n) is 7.78. The van der Waals surface area contributed by atoms with Crippen LogP contribution in [0, 0.1) is 29.3 Å². The van der Waals surface area contributed by atoms with E-state index in [1.165, 1.54) is 6.92 Å². The lowest BCUT2D eigenvalue weighted by atomic mass is 9.66. The average Bonchev–Trinajstić information content (AvgIpc) is 2.49. The number of halogens is 3. The molecule has 0 radical (unpaired) electrons. The van der Waals surface area contributed by atoms with Crippen LogP contribution in [0.2, 0.25) is 0 Å². The molecule has 1 aromatic carbocycles. The van der Waals surface area contributed by atoms with E-state index in [4.69, 9.17) is 4.74 Å². The molecule has 25 heavy (non-hydrogen) atoms. The predicted octanol–water partition coefficient (Wildman–Crippen LogP) is 4.26. The van der Waals surface area contributed by atoms with Crippen molar-refractivity contribution in [3.8, 4) is 0 Å². The summed E-state index contributed by atoms with van der Waals surface area (Å²) in [5.74, 6) is -2.71. The van der Waals surface area contributed by atoms with E-state index in [-0.39, 0.29) is 23.5 Å². The minimum Gasteiger partial charge on any atom is -0.370 e. The van der Waals surface area contributed by atoms with Gasteiger partial charge in [0.25, 0.3) is 0 Å². The number of hydrogen-bond donors (Lipinski definition) is 1. The van der Waals surface area contributed by atoms with Crippen LogP contribution >= 0.6 is 0 Å². The molecule has 0 spiro atoms. The molecule has 2 fully saturated rings. The van der Waals surface area contributed by atoms with Gasteiger partial charge in [0.15, 0.2) is 11.6 Å². The Morgan fingerprint density at radius 1 is 1.20 bits per heavy atom. The lowest BCUT2D eigenvalue weighted by molar-refractivity contribution is -0.153. The zero-order valence-electron chi connectivity index (χ0n) is 14.7. The third kappa shape index (κ3) is 3.54. The molecule has 1 amide bonds. The van der Waals surface area contributed by atoms with Crippen molar-refractivity contribution in [1.82, 2.24) is 5.32 Å². The lowest BCUT2D eigenvalue weighted by Crippen LogP contribution is -2.60. The summed E-state index contributed by atoms with van der Waals surface area (Å²) < 4.78 is 47.3. The maximum atomic E-state index is 14.3. The molecule has 1 heterocycles. The second kappa shape index (κ2) is 6.63. The Bertz CT molecular complexity index is 681. The molecule has 0 aromatic heterocycles. The Labute approximate surface area is 145 Å². The number of fused-ring (bicyclic) bond motifs is 1. The van der Waals surface area contributed by atoms with Gasteiger partial charge in [0.2, 0.25) is 5.91 Å². The van der Waals surface area contributed by atoms with Gasteiger partial charge in [-0.1, -0.05) is 13.3 Å². The van der Waals surface area contributed by atoms with Crippen molar-refractivity contribution in [3.63, 3.8) is 0 Å². The second-order valence-corrected chi connectivity index (χ2v) is 7.78. The summed E-state index contributed by atoms with van der Waals surface area (Å²) in [7, 11) is 0.